The first-order chi connectivity index (χ1) is 9.96. The summed E-state index contributed by atoms with van der Waals surface area (Å²) in [4.78, 5) is 22.3. The third kappa shape index (κ3) is 4.97. The van der Waals surface area contributed by atoms with E-state index >= 15 is 0 Å². The van der Waals surface area contributed by atoms with Gasteiger partial charge in [0.2, 0.25) is 11.9 Å². The minimum Gasteiger partial charge on any atom is -0.369 e. The van der Waals surface area contributed by atoms with E-state index in [1.807, 2.05) is 25.7 Å². The maximum Gasteiger partial charge on any atom is 0.222 e. The van der Waals surface area contributed by atoms with Crippen LogP contribution in [0.5, 0.6) is 0 Å². The summed E-state index contributed by atoms with van der Waals surface area (Å²) < 4.78 is 5.81. The number of rotatable bonds is 5. The highest BCUT2D eigenvalue weighted by Gasteiger charge is 2.33. The van der Waals surface area contributed by atoms with Gasteiger partial charge in [0.05, 0.1) is 11.7 Å². The van der Waals surface area contributed by atoms with Gasteiger partial charge in [-0.15, -0.1) is 0 Å². The van der Waals surface area contributed by atoms with Crippen molar-refractivity contribution in [2.75, 3.05) is 25.0 Å². The first-order valence-electron chi connectivity index (χ1n) is 7.43. The van der Waals surface area contributed by atoms with Crippen molar-refractivity contribution in [1.82, 2.24) is 14.9 Å². The van der Waals surface area contributed by atoms with Crippen LogP contribution in [-0.2, 0) is 9.53 Å². The molecule has 1 aliphatic rings. The Morgan fingerprint density at radius 3 is 2.86 bits per heavy atom. The number of nitrogens with zero attached hydrogens (tertiary/aromatic N) is 3. The van der Waals surface area contributed by atoms with Gasteiger partial charge in [0, 0.05) is 38.4 Å². The minimum absolute atomic E-state index is 0.0912. The lowest BCUT2D eigenvalue weighted by Crippen LogP contribution is -2.53. The second-order valence-corrected chi connectivity index (χ2v) is 6.07. The molecule has 2 heterocycles. The molecule has 116 valence electrons. The largest absolute Gasteiger partial charge is 0.369 e. The van der Waals surface area contributed by atoms with E-state index in [4.69, 9.17) is 4.74 Å². The smallest absolute Gasteiger partial charge is 0.222 e. The fraction of sp³-hybridized carbons (Fsp3) is 0.667. The van der Waals surface area contributed by atoms with Crippen LogP contribution in [0.4, 0.5) is 5.95 Å². The van der Waals surface area contributed by atoms with Gasteiger partial charge < -0.3 is 15.0 Å². The van der Waals surface area contributed by atoms with Crippen LogP contribution in [0.1, 0.15) is 33.6 Å². The summed E-state index contributed by atoms with van der Waals surface area (Å²) in [6.07, 6.45) is 4.77. The third-order valence-corrected chi connectivity index (χ3v) is 3.34. The Morgan fingerprint density at radius 2 is 2.19 bits per heavy atom. The van der Waals surface area contributed by atoms with Gasteiger partial charge in [-0.1, -0.05) is 0 Å². The molecule has 1 aromatic heterocycles. The van der Waals surface area contributed by atoms with E-state index in [0.717, 1.165) is 6.42 Å². The van der Waals surface area contributed by atoms with Crippen LogP contribution in [-0.4, -0.2) is 52.1 Å². The van der Waals surface area contributed by atoms with E-state index in [0.29, 0.717) is 32.0 Å². The minimum atomic E-state index is -0.260. The molecule has 0 saturated carbocycles. The summed E-state index contributed by atoms with van der Waals surface area (Å²) in [7, 11) is 0. The number of nitrogens with one attached hydrogen (secondary N) is 1. The monoisotopic (exact) mass is 292 g/mol. The quantitative estimate of drug-likeness (QED) is 0.837. The summed E-state index contributed by atoms with van der Waals surface area (Å²) in [6, 6.07) is 1.77. The van der Waals surface area contributed by atoms with Crippen LogP contribution >= 0.6 is 0 Å². The lowest BCUT2D eigenvalue weighted by molar-refractivity contribution is -0.158. The first kappa shape index (κ1) is 15.7. The highest BCUT2D eigenvalue weighted by Crippen LogP contribution is 2.21. The highest BCUT2D eigenvalue weighted by atomic mass is 16.5. The predicted octanol–water partition coefficient (Wildman–Crippen LogP) is 1.69. The Labute approximate surface area is 125 Å². The molecule has 6 nitrogen and oxygen atoms in total. The number of hydrogen-bond donors (Lipinski definition) is 1. The van der Waals surface area contributed by atoms with E-state index in [1.54, 1.807) is 18.5 Å². The number of carbonyl (C=O) groups is 1. The average Bonchev–Trinajstić information content (AvgIpc) is 2.42. The zero-order chi connectivity index (χ0) is 15.3. The van der Waals surface area contributed by atoms with Gasteiger partial charge in [0.15, 0.2) is 0 Å². The number of aromatic nitrogens is 2. The molecule has 0 aliphatic carbocycles. The second kappa shape index (κ2) is 6.85. The van der Waals surface area contributed by atoms with Crippen molar-refractivity contribution in [1.29, 1.82) is 0 Å². The molecule has 0 radical (unpaired) electrons. The molecule has 0 unspecified atom stereocenters. The van der Waals surface area contributed by atoms with Gasteiger partial charge >= 0.3 is 0 Å². The molecule has 1 amide bonds. The number of ether oxygens (including phenoxy) is 1. The number of carbonyl (C=O) groups excluding carboxylic acids is 1. The zero-order valence-corrected chi connectivity index (χ0v) is 13.0. The topological polar surface area (TPSA) is 67.4 Å². The summed E-state index contributed by atoms with van der Waals surface area (Å²) in [6.45, 7) is 8.09. The van der Waals surface area contributed by atoms with Crippen molar-refractivity contribution in [3.05, 3.63) is 18.5 Å². The lowest BCUT2D eigenvalue weighted by Gasteiger charge is -2.41. The van der Waals surface area contributed by atoms with E-state index in [-0.39, 0.29) is 17.6 Å². The molecule has 0 aromatic carbocycles. The van der Waals surface area contributed by atoms with E-state index in [2.05, 4.69) is 15.3 Å². The molecular formula is C15H24N4O2. The number of hydrogen-bond acceptors (Lipinski definition) is 5. The van der Waals surface area contributed by atoms with Crippen molar-refractivity contribution >= 4 is 11.9 Å². The number of morpholine rings is 1. The predicted molar refractivity (Wildman–Crippen MR) is 81.0 cm³/mol. The molecule has 0 bridgehead atoms. The summed E-state index contributed by atoms with van der Waals surface area (Å²) in [5.74, 6) is 0.792. The molecule has 2 rings (SSSR count). The van der Waals surface area contributed by atoms with Crippen LogP contribution in [0, 0.1) is 0 Å². The third-order valence-electron chi connectivity index (χ3n) is 3.34. The highest BCUT2D eigenvalue weighted by molar-refractivity contribution is 5.76. The van der Waals surface area contributed by atoms with Gasteiger partial charge in [-0.3, -0.25) is 4.79 Å². The summed E-state index contributed by atoms with van der Waals surface area (Å²) in [5.41, 5.74) is -0.260. The Morgan fingerprint density at radius 1 is 1.48 bits per heavy atom. The van der Waals surface area contributed by atoms with Crippen LogP contribution in [0.3, 0.4) is 0 Å². The molecule has 1 fully saturated rings. The molecule has 1 N–H and O–H groups in total. The van der Waals surface area contributed by atoms with Gasteiger partial charge in [-0.2, -0.15) is 0 Å². The lowest BCUT2D eigenvalue weighted by atomic mass is 10.0. The molecule has 21 heavy (non-hydrogen) atoms. The standard InChI is InChI=1S/C15H24N4O2/c1-12-10-19(11-15(2,3)21-12)13(20)6-4-7-16-14-17-8-5-9-18-14/h5,8-9,12H,4,6-7,10-11H2,1-3H3,(H,16,17,18)/t12-/m1/s1. The van der Waals surface area contributed by atoms with Gasteiger partial charge in [0.25, 0.3) is 0 Å². The van der Waals surface area contributed by atoms with Crippen LogP contribution < -0.4 is 5.32 Å². The fourth-order valence-corrected chi connectivity index (χ4v) is 2.63. The van der Waals surface area contributed by atoms with E-state index in [1.165, 1.54) is 0 Å². The second-order valence-electron chi connectivity index (χ2n) is 6.07. The first-order valence-corrected chi connectivity index (χ1v) is 7.43. The maximum absolute atomic E-state index is 12.3. The Kier molecular flexibility index (Phi) is 5.12. The zero-order valence-electron chi connectivity index (χ0n) is 13.0. The molecular weight excluding hydrogens is 268 g/mol. The Hall–Kier alpha value is -1.69. The normalized spacial score (nSPS) is 21.1. The molecule has 0 spiro atoms. The van der Waals surface area contributed by atoms with Gasteiger partial charge in [-0.05, 0) is 33.3 Å². The number of amides is 1. The van der Waals surface area contributed by atoms with Crippen molar-refractivity contribution in [2.45, 2.75) is 45.3 Å². The average molecular weight is 292 g/mol. The van der Waals surface area contributed by atoms with Gasteiger partial charge in [-0.25, -0.2) is 9.97 Å². The van der Waals surface area contributed by atoms with E-state index < -0.39 is 0 Å². The van der Waals surface area contributed by atoms with Crippen molar-refractivity contribution in [2.24, 2.45) is 0 Å². The fourth-order valence-electron chi connectivity index (χ4n) is 2.63. The van der Waals surface area contributed by atoms with Crippen molar-refractivity contribution in [3.63, 3.8) is 0 Å². The molecule has 1 aromatic rings. The maximum atomic E-state index is 12.3. The Bertz CT molecular complexity index is 464. The molecule has 1 saturated heterocycles. The summed E-state index contributed by atoms with van der Waals surface area (Å²) in [5, 5.41) is 3.11. The van der Waals surface area contributed by atoms with Crippen LogP contribution in [0.25, 0.3) is 0 Å². The van der Waals surface area contributed by atoms with Gasteiger partial charge in [0.1, 0.15) is 0 Å². The Balaban J connectivity index is 1.72. The molecule has 1 atom stereocenters. The van der Waals surface area contributed by atoms with Crippen molar-refractivity contribution < 1.29 is 9.53 Å². The summed E-state index contributed by atoms with van der Waals surface area (Å²) >= 11 is 0. The van der Waals surface area contributed by atoms with Crippen molar-refractivity contribution in [3.8, 4) is 0 Å². The van der Waals surface area contributed by atoms with Crippen LogP contribution in [0.2, 0.25) is 0 Å². The SMILES string of the molecule is C[C@@H]1CN(C(=O)CCCNc2ncccn2)CC(C)(C)O1. The molecule has 1 aliphatic heterocycles. The number of anilines is 1. The van der Waals surface area contributed by atoms with Crippen LogP contribution in [0.15, 0.2) is 18.5 Å². The molecule has 6 heteroatoms. The van der Waals surface area contributed by atoms with E-state index in [9.17, 15) is 4.79 Å².